The Labute approximate surface area is 257 Å². The minimum absolute atomic E-state index is 0.0482. The van der Waals surface area contributed by atoms with E-state index in [9.17, 15) is 14.4 Å². The number of benzene rings is 3. The minimum atomic E-state index is -0.994. The highest BCUT2D eigenvalue weighted by atomic mass is 79.9. The van der Waals surface area contributed by atoms with Gasteiger partial charge >= 0.3 is 0 Å². The molecule has 0 spiro atoms. The number of nitrogens with zero attached hydrogens (tertiary/aromatic N) is 6. The normalized spacial score (nSPS) is 25.4. The Morgan fingerprint density at radius 3 is 2.47 bits per heavy atom. The standard InChI is InChI=1S/C33H29BrN6O3/c1-20-15-16-26(25(34)17-20)39-32(42)29-31(33(39)43)38(37-35-29)19-27(41)40-30(22-11-6-3-7-12-22)24-14-8-13-23(28(24)36-40)18-21-9-4-2-5-10-21/h2-7,9-12,15-18,24,29-31H,8,13-14,19H2,1H3. The van der Waals surface area contributed by atoms with E-state index in [1.54, 1.807) is 11.1 Å². The minimum Gasteiger partial charge on any atom is -0.271 e. The predicted octanol–water partition coefficient (Wildman–Crippen LogP) is 5.87. The summed E-state index contributed by atoms with van der Waals surface area (Å²) >= 11 is 3.48. The highest BCUT2D eigenvalue weighted by molar-refractivity contribution is 9.10. The number of rotatable bonds is 5. The Morgan fingerprint density at radius 2 is 1.72 bits per heavy atom. The van der Waals surface area contributed by atoms with E-state index >= 15 is 0 Å². The van der Waals surface area contributed by atoms with E-state index < -0.39 is 23.9 Å². The van der Waals surface area contributed by atoms with Gasteiger partial charge in [0.1, 0.15) is 6.54 Å². The number of halogens is 1. The highest BCUT2D eigenvalue weighted by Gasteiger charge is 2.56. The molecular formula is C33H29BrN6O3. The Bertz CT molecular complexity index is 1710. The van der Waals surface area contributed by atoms with Crippen LogP contribution in [0.3, 0.4) is 0 Å². The molecule has 4 unspecified atom stereocenters. The number of hydrogen-bond donors (Lipinski definition) is 0. The number of hydrazone groups is 1. The topological polar surface area (TPSA) is 98.0 Å². The first kappa shape index (κ1) is 27.4. The van der Waals surface area contributed by atoms with Crippen molar-refractivity contribution in [2.45, 2.75) is 44.3 Å². The Balaban J connectivity index is 1.18. The molecule has 3 amide bonds. The van der Waals surface area contributed by atoms with Crippen molar-refractivity contribution >= 4 is 51.1 Å². The summed E-state index contributed by atoms with van der Waals surface area (Å²) in [6.45, 7) is 1.70. The molecule has 0 bridgehead atoms. The van der Waals surface area contributed by atoms with Crippen LogP contribution in [0.1, 0.15) is 42.0 Å². The molecule has 10 heteroatoms. The molecule has 4 atom stereocenters. The van der Waals surface area contributed by atoms with Gasteiger partial charge in [0, 0.05) is 10.4 Å². The number of allylic oxidation sites excluding steroid dienone is 1. The number of carbonyl (C=O) groups is 3. The van der Waals surface area contributed by atoms with E-state index in [1.165, 1.54) is 5.01 Å². The van der Waals surface area contributed by atoms with Crippen molar-refractivity contribution < 1.29 is 14.4 Å². The molecule has 7 rings (SSSR count). The molecule has 3 aromatic rings. The van der Waals surface area contributed by atoms with Gasteiger partial charge in [-0.25, -0.2) is 9.91 Å². The molecule has 9 nitrogen and oxygen atoms in total. The van der Waals surface area contributed by atoms with Gasteiger partial charge in [-0.05, 0) is 82.6 Å². The summed E-state index contributed by atoms with van der Waals surface area (Å²) in [7, 11) is 0. The summed E-state index contributed by atoms with van der Waals surface area (Å²) in [6, 6.07) is 23.3. The lowest BCUT2D eigenvalue weighted by molar-refractivity contribution is -0.136. The third-order valence-corrected chi connectivity index (χ3v) is 9.17. The van der Waals surface area contributed by atoms with Crippen LogP contribution in [-0.2, 0) is 14.4 Å². The van der Waals surface area contributed by atoms with Crippen LogP contribution in [0.25, 0.3) is 6.08 Å². The van der Waals surface area contributed by atoms with Crippen molar-refractivity contribution in [2.75, 3.05) is 11.4 Å². The first-order valence-corrected chi connectivity index (χ1v) is 15.2. The van der Waals surface area contributed by atoms with E-state index in [2.05, 4.69) is 44.5 Å². The quantitative estimate of drug-likeness (QED) is 0.327. The third kappa shape index (κ3) is 4.79. The van der Waals surface area contributed by atoms with Gasteiger partial charge in [-0.15, -0.1) is 0 Å². The van der Waals surface area contributed by atoms with E-state index in [0.717, 1.165) is 52.1 Å². The number of hydrogen-bond acceptors (Lipinski definition) is 7. The smallest absolute Gasteiger partial charge is 0.264 e. The lowest BCUT2D eigenvalue weighted by Gasteiger charge is -2.30. The van der Waals surface area contributed by atoms with Gasteiger partial charge in [0.25, 0.3) is 17.7 Å². The zero-order valence-electron chi connectivity index (χ0n) is 23.5. The maximum absolute atomic E-state index is 14.1. The zero-order chi connectivity index (χ0) is 29.7. The van der Waals surface area contributed by atoms with E-state index in [-0.39, 0.29) is 24.4 Å². The maximum atomic E-state index is 14.1. The number of anilines is 1. The molecule has 4 aliphatic rings. The highest BCUT2D eigenvalue weighted by Crippen LogP contribution is 2.45. The Hall–Kier alpha value is -4.44. The average molecular weight is 638 g/mol. The first-order chi connectivity index (χ1) is 20.9. The van der Waals surface area contributed by atoms with Crippen molar-refractivity contribution in [3.05, 3.63) is 106 Å². The van der Waals surface area contributed by atoms with Crippen LogP contribution in [0.4, 0.5) is 5.69 Å². The van der Waals surface area contributed by atoms with Crippen molar-refractivity contribution in [3.8, 4) is 0 Å². The molecule has 3 heterocycles. The fourth-order valence-corrected chi connectivity index (χ4v) is 7.21. The second-order valence-electron chi connectivity index (χ2n) is 11.3. The summed E-state index contributed by atoms with van der Waals surface area (Å²) in [5.74, 6) is -1.16. The van der Waals surface area contributed by atoms with E-state index in [4.69, 9.17) is 5.10 Å². The van der Waals surface area contributed by atoms with Crippen molar-refractivity contribution in [3.63, 3.8) is 0 Å². The van der Waals surface area contributed by atoms with E-state index in [0.29, 0.717) is 10.2 Å². The van der Waals surface area contributed by atoms with E-state index in [1.807, 2.05) is 67.6 Å². The molecule has 2 fully saturated rings. The molecule has 3 aromatic carbocycles. The second kappa shape index (κ2) is 11.0. The molecule has 1 saturated carbocycles. The fraction of sp³-hybridized carbons (Fsp3) is 0.273. The van der Waals surface area contributed by atoms with Gasteiger partial charge in [0.2, 0.25) is 0 Å². The SMILES string of the molecule is Cc1ccc(N2C(=O)C3N=NN(CC(=O)N4N=C5C(=Cc6ccccc6)CCCC5C4c4ccccc4)C3C2=O)c(Br)c1. The summed E-state index contributed by atoms with van der Waals surface area (Å²) < 4.78 is 0.634. The first-order valence-electron chi connectivity index (χ1n) is 14.4. The van der Waals surface area contributed by atoms with Crippen LogP contribution >= 0.6 is 15.9 Å². The summed E-state index contributed by atoms with van der Waals surface area (Å²) in [5, 5.41) is 16.1. The maximum Gasteiger partial charge on any atom is 0.264 e. The predicted molar refractivity (Wildman–Crippen MR) is 166 cm³/mol. The van der Waals surface area contributed by atoms with Crippen LogP contribution < -0.4 is 4.90 Å². The van der Waals surface area contributed by atoms with Crippen molar-refractivity contribution in [1.29, 1.82) is 0 Å². The van der Waals surface area contributed by atoms with Gasteiger partial charge in [-0.1, -0.05) is 72.0 Å². The Morgan fingerprint density at radius 1 is 0.977 bits per heavy atom. The van der Waals surface area contributed by atoms with Gasteiger partial charge in [0.15, 0.2) is 12.1 Å². The number of amides is 3. The summed E-state index contributed by atoms with van der Waals surface area (Å²) in [4.78, 5) is 42.1. The van der Waals surface area contributed by atoms with Gasteiger partial charge < -0.3 is 0 Å². The molecule has 0 radical (unpaired) electrons. The van der Waals surface area contributed by atoms with Crippen molar-refractivity contribution in [1.82, 2.24) is 10.0 Å². The van der Waals surface area contributed by atoms with Crippen LogP contribution in [-0.4, -0.2) is 52.1 Å². The largest absolute Gasteiger partial charge is 0.271 e. The number of imide groups is 1. The summed E-state index contributed by atoms with van der Waals surface area (Å²) in [6.07, 6.45) is 4.97. The van der Waals surface area contributed by atoms with Gasteiger partial charge in [-0.3, -0.25) is 19.4 Å². The molecule has 1 aliphatic carbocycles. The molecular weight excluding hydrogens is 608 g/mol. The van der Waals surface area contributed by atoms with Crippen LogP contribution in [0, 0.1) is 12.8 Å². The molecule has 0 aromatic heterocycles. The van der Waals surface area contributed by atoms with Crippen molar-refractivity contribution in [2.24, 2.45) is 21.4 Å². The Kier molecular flexibility index (Phi) is 7.01. The molecule has 216 valence electrons. The summed E-state index contributed by atoms with van der Waals surface area (Å²) in [5.41, 5.74) is 5.61. The third-order valence-electron chi connectivity index (χ3n) is 8.54. The fourth-order valence-electron chi connectivity index (χ4n) is 6.54. The lowest BCUT2D eigenvalue weighted by atomic mass is 9.77. The number of carbonyl (C=O) groups excluding carboxylic acids is 3. The van der Waals surface area contributed by atoms with Crippen LogP contribution in [0.15, 0.2) is 104 Å². The van der Waals surface area contributed by atoms with Gasteiger partial charge in [-0.2, -0.15) is 10.2 Å². The second-order valence-corrected chi connectivity index (χ2v) is 12.2. The molecule has 3 aliphatic heterocycles. The molecule has 0 N–H and O–H groups in total. The number of fused-ring (bicyclic) bond motifs is 2. The zero-order valence-corrected chi connectivity index (χ0v) is 25.1. The lowest BCUT2D eigenvalue weighted by Crippen LogP contribution is -2.45. The average Bonchev–Trinajstić information content (AvgIpc) is 3.68. The monoisotopic (exact) mass is 636 g/mol. The van der Waals surface area contributed by atoms with Crippen LogP contribution in [0.5, 0.6) is 0 Å². The van der Waals surface area contributed by atoms with Crippen LogP contribution in [0.2, 0.25) is 0 Å². The molecule has 1 saturated heterocycles. The molecule has 43 heavy (non-hydrogen) atoms. The van der Waals surface area contributed by atoms with Gasteiger partial charge in [0.05, 0.1) is 17.4 Å². The number of aryl methyl sites for hydroxylation is 1.